The van der Waals surface area contributed by atoms with E-state index in [0.29, 0.717) is 36.0 Å². The first kappa shape index (κ1) is 27.5. The minimum absolute atomic E-state index is 0.398. The molecule has 0 spiro atoms. The monoisotopic (exact) mass is 512 g/mol. The number of unbranched alkanes of at least 4 members (excludes halogenated alkanes) is 6. The molecule has 0 heterocycles. The highest BCUT2D eigenvalue weighted by atomic mass is 16.5. The van der Waals surface area contributed by atoms with Crippen LogP contribution in [0.5, 0.6) is 17.2 Å². The van der Waals surface area contributed by atoms with Gasteiger partial charge in [-0.1, -0.05) is 107 Å². The third kappa shape index (κ3) is 6.66. The van der Waals surface area contributed by atoms with Gasteiger partial charge in [0, 0.05) is 16.2 Å². The molecule has 0 amide bonds. The molecular weight excluding hydrogens is 472 g/mol. The first-order valence-electron chi connectivity index (χ1n) is 14.2. The summed E-state index contributed by atoms with van der Waals surface area (Å²) in [7, 11) is 0. The zero-order valence-electron chi connectivity index (χ0n) is 23.1. The summed E-state index contributed by atoms with van der Waals surface area (Å²) in [4.78, 5) is 13.8. The lowest BCUT2D eigenvalue weighted by Crippen LogP contribution is -2.13. The van der Waals surface area contributed by atoms with Gasteiger partial charge in [-0.2, -0.15) is 0 Å². The Morgan fingerprint density at radius 2 is 1.34 bits per heavy atom. The molecule has 0 saturated carbocycles. The second-order valence-corrected chi connectivity index (χ2v) is 9.93. The van der Waals surface area contributed by atoms with Crippen LogP contribution in [0.2, 0.25) is 0 Å². The van der Waals surface area contributed by atoms with Gasteiger partial charge in [0.25, 0.3) is 0 Å². The van der Waals surface area contributed by atoms with Crippen molar-refractivity contribution in [1.29, 1.82) is 0 Å². The smallest absolute Gasteiger partial charge is 0.347 e. The third-order valence-corrected chi connectivity index (χ3v) is 6.96. The Balaban J connectivity index is 1.72. The van der Waals surface area contributed by atoms with Crippen molar-refractivity contribution >= 4 is 27.5 Å². The quantitative estimate of drug-likeness (QED) is 0.0959. The number of ether oxygens (including phenoxy) is 3. The van der Waals surface area contributed by atoms with Crippen LogP contribution in [0, 0.1) is 6.92 Å². The predicted molar refractivity (Wildman–Crippen MR) is 157 cm³/mol. The van der Waals surface area contributed by atoms with E-state index in [0.717, 1.165) is 59.2 Å². The lowest BCUT2D eigenvalue weighted by atomic mass is 10.00. The maximum absolute atomic E-state index is 13.8. The molecule has 200 valence electrons. The Kier molecular flexibility index (Phi) is 10.0. The molecule has 0 aliphatic carbocycles. The van der Waals surface area contributed by atoms with Crippen LogP contribution >= 0.6 is 0 Å². The van der Waals surface area contributed by atoms with Crippen molar-refractivity contribution in [1.82, 2.24) is 0 Å². The number of hydrogen-bond donors (Lipinski definition) is 0. The van der Waals surface area contributed by atoms with Crippen molar-refractivity contribution in [3.05, 3.63) is 77.9 Å². The van der Waals surface area contributed by atoms with Crippen molar-refractivity contribution in [2.75, 3.05) is 13.2 Å². The van der Waals surface area contributed by atoms with Gasteiger partial charge in [0.05, 0.1) is 13.2 Å². The maximum Gasteiger partial charge on any atom is 0.347 e. The molecule has 4 aromatic carbocycles. The lowest BCUT2D eigenvalue weighted by Gasteiger charge is -2.19. The molecule has 0 saturated heterocycles. The number of hydrogen-bond acceptors (Lipinski definition) is 4. The zero-order valence-corrected chi connectivity index (χ0v) is 23.1. The van der Waals surface area contributed by atoms with Gasteiger partial charge in [-0.15, -0.1) is 0 Å². The van der Waals surface area contributed by atoms with Crippen molar-refractivity contribution < 1.29 is 19.0 Å². The molecule has 0 N–H and O–H groups in total. The minimum Gasteiger partial charge on any atom is -0.493 e. The van der Waals surface area contributed by atoms with Crippen molar-refractivity contribution in [2.45, 2.75) is 72.1 Å². The van der Waals surface area contributed by atoms with Crippen LogP contribution in [-0.2, 0) is 0 Å². The number of benzene rings is 4. The van der Waals surface area contributed by atoms with Crippen molar-refractivity contribution in [3.8, 4) is 17.2 Å². The summed E-state index contributed by atoms with van der Waals surface area (Å²) in [6.45, 7) is 7.63. The molecule has 4 rings (SSSR count). The standard InChI is InChI=1S/C34H40O4/c1-4-6-8-12-22-36-31-24-29(34(35)38-30-21-15-18-26-17-10-11-19-27(26)30)33(37-23-13-9-7-5-2)28-20-14-16-25(3)32(28)31/h10-11,14-21,24H,4-9,12-13,22-23H2,1-3H3. The summed E-state index contributed by atoms with van der Waals surface area (Å²) in [5.74, 6) is 1.37. The topological polar surface area (TPSA) is 44.8 Å². The van der Waals surface area contributed by atoms with Gasteiger partial charge >= 0.3 is 5.97 Å². The van der Waals surface area contributed by atoms with Gasteiger partial charge < -0.3 is 14.2 Å². The molecule has 0 aliphatic heterocycles. The van der Waals surface area contributed by atoms with E-state index < -0.39 is 5.97 Å². The molecule has 38 heavy (non-hydrogen) atoms. The highest BCUT2D eigenvalue weighted by molar-refractivity contribution is 6.06. The van der Waals surface area contributed by atoms with Gasteiger partial charge in [-0.3, -0.25) is 0 Å². The van der Waals surface area contributed by atoms with Crippen molar-refractivity contribution in [3.63, 3.8) is 0 Å². The van der Waals surface area contributed by atoms with E-state index in [-0.39, 0.29) is 0 Å². The lowest BCUT2D eigenvalue weighted by molar-refractivity contribution is 0.0732. The SMILES string of the molecule is CCCCCCOc1c(C(=O)Oc2cccc3ccccc23)cc(OCCCCCC)c2c(C)cccc12. The molecule has 4 aromatic rings. The molecule has 0 bridgehead atoms. The Hall–Kier alpha value is -3.53. The van der Waals surface area contributed by atoms with Gasteiger partial charge in [-0.05, 0) is 42.8 Å². The van der Waals surface area contributed by atoms with E-state index in [1.165, 1.54) is 19.3 Å². The predicted octanol–water partition coefficient (Wildman–Crippen LogP) is 9.44. The van der Waals surface area contributed by atoms with Crippen LogP contribution in [-0.4, -0.2) is 19.2 Å². The Morgan fingerprint density at radius 3 is 2.11 bits per heavy atom. The van der Waals surface area contributed by atoms with E-state index in [4.69, 9.17) is 14.2 Å². The largest absolute Gasteiger partial charge is 0.493 e. The van der Waals surface area contributed by atoms with Crippen LogP contribution in [0.25, 0.3) is 21.5 Å². The van der Waals surface area contributed by atoms with Crippen LogP contribution < -0.4 is 14.2 Å². The highest BCUT2D eigenvalue weighted by Gasteiger charge is 2.23. The van der Waals surface area contributed by atoms with Gasteiger partial charge in [0.1, 0.15) is 22.8 Å². The molecule has 4 nitrogen and oxygen atoms in total. The summed E-state index contributed by atoms with van der Waals surface area (Å²) in [6, 6.07) is 21.6. The van der Waals surface area contributed by atoms with E-state index >= 15 is 0 Å². The zero-order chi connectivity index (χ0) is 26.7. The summed E-state index contributed by atoms with van der Waals surface area (Å²) < 4.78 is 18.7. The number of carbonyl (C=O) groups excluding carboxylic acids is 1. The fourth-order valence-electron chi connectivity index (χ4n) is 4.87. The fraction of sp³-hybridized carbons (Fsp3) is 0.382. The summed E-state index contributed by atoms with van der Waals surface area (Å²) in [5, 5.41) is 3.80. The normalized spacial score (nSPS) is 11.1. The molecule has 0 atom stereocenters. The average Bonchev–Trinajstić information content (AvgIpc) is 2.93. The molecule has 0 radical (unpaired) electrons. The average molecular weight is 513 g/mol. The second-order valence-electron chi connectivity index (χ2n) is 9.93. The molecule has 0 fully saturated rings. The maximum atomic E-state index is 13.8. The van der Waals surface area contributed by atoms with E-state index in [2.05, 4.69) is 26.8 Å². The van der Waals surface area contributed by atoms with E-state index in [1.54, 1.807) is 0 Å². The summed E-state index contributed by atoms with van der Waals surface area (Å²) in [5.41, 5.74) is 1.49. The number of carbonyl (C=O) groups is 1. The number of esters is 1. The molecular formula is C34H40O4. The van der Waals surface area contributed by atoms with Crippen LogP contribution in [0.1, 0.15) is 81.1 Å². The minimum atomic E-state index is -0.441. The summed E-state index contributed by atoms with van der Waals surface area (Å²) >= 11 is 0. The van der Waals surface area contributed by atoms with Gasteiger partial charge in [0.2, 0.25) is 0 Å². The van der Waals surface area contributed by atoms with Crippen LogP contribution in [0.3, 0.4) is 0 Å². The van der Waals surface area contributed by atoms with Crippen LogP contribution in [0.15, 0.2) is 66.7 Å². The number of aryl methyl sites for hydroxylation is 1. The number of rotatable bonds is 14. The summed E-state index contributed by atoms with van der Waals surface area (Å²) in [6.07, 6.45) is 8.85. The molecule has 4 heteroatoms. The molecule has 0 aromatic heterocycles. The fourth-order valence-corrected chi connectivity index (χ4v) is 4.87. The van der Waals surface area contributed by atoms with Gasteiger partial charge in [-0.25, -0.2) is 4.79 Å². The van der Waals surface area contributed by atoms with Gasteiger partial charge in [0.15, 0.2) is 0 Å². The first-order valence-corrected chi connectivity index (χ1v) is 14.2. The highest BCUT2D eigenvalue weighted by Crippen LogP contribution is 2.40. The third-order valence-electron chi connectivity index (χ3n) is 6.96. The Morgan fingerprint density at radius 1 is 0.684 bits per heavy atom. The van der Waals surface area contributed by atoms with Crippen LogP contribution in [0.4, 0.5) is 0 Å². The van der Waals surface area contributed by atoms with E-state index in [9.17, 15) is 4.79 Å². The Bertz CT molecular complexity index is 1350. The van der Waals surface area contributed by atoms with Crippen molar-refractivity contribution in [2.24, 2.45) is 0 Å². The number of fused-ring (bicyclic) bond motifs is 2. The molecule has 0 unspecified atom stereocenters. The second kappa shape index (κ2) is 13.9. The Labute approximate surface area is 226 Å². The first-order chi connectivity index (χ1) is 18.6. The van der Waals surface area contributed by atoms with E-state index in [1.807, 2.05) is 60.7 Å². The molecule has 0 aliphatic rings.